The van der Waals surface area contributed by atoms with Crippen molar-refractivity contribution >= 4 is 23.3 Å². The van der Waals surface area contributed by atoms with Crippen molar-refractivity contribution in [1.82, 2.24) is 4.98 Å². The van der Waals surface area contributed by atoms with Gasteiger partial charge in [-0.05, 0) is 48.7 Å². The van der Waals surface area contributed by atoms with Crippen LogP contribution >= 0.6 is 11.6 Å². The van der Waals surface area contributed by atoms with E-state index in [1.165, 1.54) is 0 Å². The Balaban J connectivity index is 2.06. The van der Waals surface area contributed by atoms with Crippen LogP contribution in [0.5, 0.6) is 0 Å². The lowest BCUT2D eigenvalue weighted by Gasteiger charge is -2.28. The van der Waals surface area contributed by atoms with E-state index in [4.69, 9.17) is 16.9 Å². The Labute approximate surface area is 187 Å². The monoisotopic (exact) mass is 427 g/mol. The minimum atomic E-state index is -1.10. The molecule has 1 aromatic heterocycles. The highest BCUT2D eigenvalue weighted by Crippen LogP contribution is 2.32. The van der Waals surface area contributed by atoms with Gasteiger partial charge < -0.3 is 5.32 Å². The van der Waals surface area contributed by atoms with Gasteiger partial charge in [-0.3, -0.25) is 4.79 Å². The summed E-state index contributed by atoms with van der Waals surface area (Å²) in [4.78, 5) is 17.9. The number of unbranched alkanes of at least 4 members (excludes halogenated alkanes) is 2. The predicted octanol–water partition coefficient (Wildman–Crippen LogP) is 5.75. The van der Waals surface area contributed by atoms with Crippen LogP contribution in [0, 0.1) is 23.2 Å². The molecule has 0 fully saturated rings. The smallest absolute Gasteiger partial charge is 0.248 e. The molecule has 0 saturated heterocycles. The molecule has 0 aliphatic carbocycles. The Bertz CT molecular complexity index is 1110. The number of aromatic nitrogens is 1. The number of carbonyl (C=O) groups is 1. The first-order chi connectivity index (χ1) is 15.1. The molecule has 0 spiro atoms. The molecule has 2 aromatic carbocycles. The molecule has 0 saturated carbocycles. The fraction of sp³-hybridized carbons (Fsp3) is 0.192. The fourth-order valence-electron chi connectivity index (χ4n) is 3.30. The number of anilines is 1. The van der Waals surface area contributed by atoms with Crippen molar-refractivity contribution in [3.8, 4) is 17.9 Å². The van der Waals surface area contributed by atoms with Gasteiger partial charge in [0, 0.05) is 23.2 Å². The fourth-order valence-corrected chi connectivity index (χ4v) is 3.49. The van der Waals surface area contributed by atoms with Crippen LogP contribution in [0.4, 0.5) is 5.82 Å². The summed E-state index contributed by atoms with van der Waals surface area (Å²) in [5.41, 5.74) is 0.432. The summed E-state index contributed by atoms with van der Waals surface area (Å²) >= 11 is 6.11. The van der Waals surface area contributed by atoms with E-state index in [2.05, 4.69) is 28.2 Å². The molecule has 0 radical (unpaired) electrons. The van der Waals surface area contributed by atoms with Gasteiger partial charge in [-0.25, -0.2) is 4.98 Å². The molecule has 4 nitrogen and oxygen atoms in total. The number of hydrogen-bond donors (Lipinski definition) is 1. The molecule has 0 aliphatic heterocycles. The van der Waals surface area contributed by atoms with Crippen molar-refractivity contribution in [2.75, 3.05) is 5.32 Å². The van der Waals surface area contributed by atoms with Crippen LogP contribution in [0.2, 0.25) is 5.02 Å². The molecule has 0 aliphatic rings. The molecule has 1 heterocycles. The molecule has 1 amide bonds. The van der Waals surface area contributed by atoms with E-state index >= 15 is 0 Å². The highest BCUT2D eigenvalue weighted by atomic mass is 35.5. The second kappa shape index (κ2) is 11.0. The van der Waals surface area contributed by atoms with Gasteiger partial charge in [0.15, 0.2) is 0 Å². The first kappa shape index (κ1) is 22.1. The summed E-state index contributed by atoms with van der Waals surface area (Å²) in [6, 6.07) is 24.3. The molecule has 31 heavy (non-hydrogen) atoms. The molecule has 1 N–H and O–H groups in total. The summed E-state index contributed by atoms with van der Waals surface area (Å²) < 4.78 is 0. The molecule has 3 aromatic rings. The first-order valence-electron chi connectivity index (χ1n) is 10.1. The van der Waals surface area contributed by atoms with Gasteiger partial charge in [0.2, 0.25) is 5.91 Å². The van der Waals surface area contributed by atoms with Crippen LogP contribution in [0.1, 0.15) is 36.8 Å². The van der Waals surface area contributed by atoms with Crippen LogP contribution in [-0.2, 0) is 10.2 Å². The minimum absolute atomic E-state index is 0.246. The zero-order valence-electron chi connectivity index (χ0n) is 17.0. The summed E-state index contributed by atoms with van der Waals surface area (Å²) in [5, 5.41) is 12.4. The van der Waals surface area contributed by atoms with Crippen LogP contribution in [-0.4, -0.2) is 10.9 Å². The van der Waals surface area contributed by atoms with Gasteiger partial charge in [0.1, 0.15) is 11.2 Å². The number of pyridine rings is 1. The first-order valence-corrected chi connectivity index (χ1v) is 10.5. The molecule has 154 valence electrons. The van der Waals surface area contributed by atoms with Crippen molar-refractivity contribution < 1.29 is 4.79 Å². The summed E-state index contributed by atoms with van der Waals surface area (Å²) in [6.07, 6.45) is 3.92. The average Bonchev–Trinajstić information content (AvgIpc) is 2.80. The molecule has 0 bridgehead atoms. The lowest BCUT2D eigenvalue weighted by atomic mass is 9.75. The van der Waals surface area contributed by atoms with Crippen LogP contribution in [0.15, 0.2) is 79.0 Å². The maximum Gasteiger partial charge on any atom is 0.248 e. The van der Waals surface area contributed by atoms with Crippen LogP contribution < -0.4 is 5.32 Å². The van der Waals surface area contributed by atoms with Gasteiger partial charge in [-0.2, -0.15) is 5.26 Å². The SMILES string of the molecule is N#CCCCCC(C#Cc1cccc(Cl)c1)(C(=O)Nc1ccccn1)c1ccccc1. The highest BCUT2D eigenvalue weighted by molar-refractivity contribution is 6.30. The zero-order chi connectivity index (χ0) is 21.9. The Morgan fingerprint density at radius 2 is 1.84 bits per heavy atom. The standard InChI is InChI=1S/C26H22ClN3O/c27-23-13-9-10-21(20-23)15-17-26(16-6-2-7-18-28,22-11-3-1-4-12-22)25(31)30-24-14-5-8-19-29-24/h1,3-5,8-14,19-20H,2,6-7,16H2,(H,29,30,31). The van der Waals surface area contributed by atoms with Crippen molar-refractivity contribution in [1.29, 1.82) is 5.26 Å². The number of rotatable bonds is 7. The normalized spacial score (nSPS) is 12.0. The number of benzene rings is 2. The minimum Gasteiger partial charge on any atom is -0.309 e. The maximum atomic E-state index is 13.6. The van der Waals surface area contributed by atoms with Crippen molar-refractivity contribution in [2.24, 2.45) is 0 Å². The second-order valence-corrected chi connectivity index (χ2v) is 7.50. The van der Waals surface area contributed by atoms with Crippen LogP contribution in [0.3, 0.4) is 0 Å². The number of nitrogens with one attached hydrogen (secondary N) is 1. The van der Waals surface area contributed by atoms with Gasteiger partial charge in [-0.15, -0.1) is 0 Å². The molecule has 1 unspecified atom stereocenters. The lowest BCUT2D eigenvalue weighted by molar-refractivity contribution is -0.120. The molecular formula is C26H22ClN3O. The largest absolute Gasteiger partial charge is 0.309 e. The number of nitrogens with zero attached hydrogens (tertiary/aromatic N) is 2. The third kappa shape index (κ3) is 5.95. The maximum absolute atomic E-state index is 13.6. The topological polar surface area (TPSA) is 65.8 Å². The summed E-state index contributed by atoms with van der Waals surface area (Å²) in [7, 11) is 0. The molecule has 5 heteroatoms. The van der Waals surface area contributed by atoms with Gasteiger partial charge in [-0.1, -0.05) is 72.3 Å². The third-order valence-electron chi connectivity index (χ3n) is 4.90. The van der Waals surface area contributed by atoms with Gasteiger partial charge in [0.25, 0.3) is 0 Å². The number of nitriles is 1. The van der Waals surface area contributed by atoms with E-state index in [-0.39, 0.29) is 5.91 Å². The number of hydrogen-bond acceptors (Lipinski definition) is 3. The molecule has 1 atom stereocenters. The van der Waals surface area contributed by atoms with Crippen molar-refractivity contribution in [2.45, 2.75) is 31.1 Å². The number of amides is 1. The quantitative estimate of drug-likeness (QED) is 0.385. The van der Waals surface area contributed by atoms with E-state index in [0.29, 0.717) is 36.5 Å². The van der Waals surface area contributed by atoms with E-state index < -0.39 is 5.41 Å². The second-order valence-electron chi connectivity index (χ2n) is 7.07. The van der Waals surface area contributed by atoms with E-state index in [1.54, 1.807) is 30.5 Å². The van der Waals surface area contributed by atoms with E-state index in [9.17, 15) is 4.79 Å². The summed E-state index contributed by atoms with van der Waals surface area (Å²) in [6.45, 7) is 0. The predicted molar refractivity (Wildman–Crippen MR) is 123 cm³/mol. The Morgan fingerprint density at radius 1 is 1.03 bits per heavy atom. The van der Waals surface area contributed by atoms with E-state index in [0.717, 1.165) is 11.1 Å². The Morgan fingerprint density at radius 3 is 2.55 bits per heavy atom. The summed E-state index contributed by atoms with van der Waals surface area (Å²) in [5.74, 6) is 6.63. The number of halogens is 1. The molecule has 3 rings (SSSR count). The Kier molecular flexibility index (Phi) is 7.82. The number of carbonyl (C=O) groups excluding carboxylic acids is 1. The van der Waals surface area contributed by atoms with Crippen molar-refractivity contribution in [3.05, 3.63) is 95.1 Å². The van der Waals surface area contributed by atoms with Gasteiger partial charge >= 0.3 is 0 Å². The Hall–Kier alpha value is -3.60. The third-order valence-corrected chi connectivity index (χ3v) is 5.13. The van der Waals surface area contributed by atoms with E-state index in [1.807, 2.05) is 48.5 Å². The highest BCUT2D eigenvalue weighted by Gasteiger charge is 2.38. The average molecular weight is 428 g/mol. The van der Waals surface area contributed by atoms with Gasteiger partial charge in [0.05, 0.1) is 6.07 Å². The van der Waals surface area contributed by atoms with Crippen LogP contribution in [0.25, 0.3) is 0 Å². The lowest BCUT2D eigenvalue weighted by Crippen LogP contribution is -2.39. The molecular weight excluding hydrogens is 406 g/mol. The van der Waals surface area contributed by atoms with Crippen molar-refractivity contribution in [3.63, 3.8) is 0 Å². The zero-order valence-corrected chi connectivity index (χ0v) is 17.8.